The third-order valence-corrected chi connectivity index (χ3v) is 3.48. The Balaban J connectivity index is 2.67. The van der Waals surface area contributed by atoms with Crippen LogP contribution in [-0.2, 0) is 6.42 Å². The highest BCUT2D eigenvalue weighted by molar-refractivity contribution is 9.10. The second kappa shape index (κ2) is 5.07. The van der Waals surface area contributed by atoms with E-state index in [2.05, 4.69) is 21.0 Å². The van der Waals surface area contributed by atoms with E-state index < -0.39 is 4.92 Å². The molecule has 18 heavy (non-hydrogen) atoms. The standard InChI is InChI=1S/C11H9BrClN3O2/c1-2-8-10(16(17)18)11(13)15(14-8)9-6-4-3-5-7(9)12/h3-6H,2H2,1H3. The molecule has 0 fully saturated rings. The third-order valence-electron chi connectivity index (χ3n) is 2.47. The first-order chi connectivity index (χ1) is 8.56. The van der Waals surface area contributed by atoms with Crippen LogP contribution < -0.4 is 0 Å². The lowest BCUT2D eigenvalue weighted by Crippen LogP contribution is -1.98. The maximum atomic E-state index is 11.0. The smallest absolute Gasteiger partial charge is 0.258 e. The number of nitrogens with zero attached hydrogens (tertiary/aromatic N) is 3. The first kappa shape index (κ1) is 13.0. The van der Waals surface area contributed by atoms with E-state index in [4.69, 9.17) is 11.6 Å². The van der Waals surface area contributed by atoms with Gasteiger partial charge in [-0.1, -0.05) is 30.7 Å². The molecule has 1 aromatic carbocycles. The van der Waals surface area contributed by atoms with Crippen LogP contribution in [0.4, 0.5) is 5.69 Å². The second-order valence-corrected chi connectivity index (χ2v) is 4.77. The Morgan fingerprint density at radius 2 is 2.17 bits per heavy atom. The lowest BCUT2D eigenvalue weighted by atomic mass is 10.3. The molecule has 0 saturated carbocycles. The van der Waals surface area contributed by atoms with E-state index in [1.165, 1.54) is 4.68 Å². The molecule has 7 heteroatoms. The van der Waals surface area contributed by atoms with Crippen LogP contribution in [0.1, 0.15) is 12.6 Å². The quantitative estimate of drug-likeness (QED) is 0.636. The number of nitro groups is 1. The van der Waals surface area contributed by atoms with Crippen molar-refractivity contribution >= 4 is 33.2 Å². The Morgan fingerprint density at radius 3 is 2.67 bits per heavy atom. The summed E-state index contributed by atoms with van der Waals surface area (Å²) in [5, 5.41) is 15.2. The van der Waals surface area contributed by atoms with Crippen LogP contribution in [0, 0.1) is 10.1 Å². The number of halogens is 2. The van der Waals surface area contributed by atoms with Gasteiger partial charge >= 0.3 is 5.69 Å². The summed E-state index contributed by atoms with van der Waals surface area (Å²) in [6, 6.07) is 7.27. The van der Waals surface area contributed by atoms with Crippen LogP contribution in [0.25, 0.3) is 5.69 Å². The molecule has 0 amide bonds. The molecule has 0 spiro atoms. The zero-order valence-electron chi connectivity index (χ0n) is 9.43. The SMILES string of the molecule is CCc1nn(-c2ccccc2Br)c(Cl)c1[N+](=O)[O-]. The summed E-state index contributed by atoms with van der Waals surface area (Å²) in [5.41, 5.74) is 0.918. The van der Waals surface area contributed by atoms with Crippen LogP contribution in [0.2, 0.25) is 5.15 Å². The Morgan fingerprint density at radius 1 is 1.50 bits per heavy atom. The minimum absolute atomic E-state index is 0.0174. The molecular weight excluding hydrogens is 321 g/mol. The molecule has 2 rings (SSSR count). The number of aromatic nitrogens is 2. The Bertz CT molecular complexity index is 612. The van der Waals surface area contributed by atoms with Gasteiger partial charge in [-0.25, -0.2) is 4.68 Å². The van der Waals surface area contributed by atoms with Gasteiger partial charge in [0.15, 0.2) is 0 Å². The van der Waals surface area contributed by atoms with Crippen LogP contribution >= 0.6 is 27.5 Å². The van der Waals surface area contributed by atoms with E-state index in [-0.39, 0.29) is 10.8 Å². The fourth-order valence-electron chi connectivity index (χ4n) is 1.63. The second-order valence-electron chi connectivity index (χ2n) is 3.56. The van der Waals surface area contributed by atoms with Crippen LogP contribution in [0.15, 0.2) is 28.7 Å². The molecule has 0 saturated heterocycles. The van der Waals surface area contributed by atoms with Gasteiger partial charge in [0.1, 0.15) is 5.69 Å². The number of hydrogen-bond donors (Lipinski definition) is 0. The van der Waals surface area contributed by atoms with Crippen molar-refractivity contribution in [3.8, 4) is 5.69 Å². The molecular formula is C11H9BrClN3O2. The predicted octanol–water partition coefficient (Wildman–Crippen LogP) is 3.76. The zero-order valence-corrected chi connectivity index (χ0v) is 11.8. The Hall–Kier alpha value is -1.40. The summed E-state index contributed by atoms with van der Waals surface area (Å²) in [5.74, 6) is 0. The van der Waals surface area contributed by atoms with E-state index in [1.807, 2.05) is 18.2 Å². The fourth-order valence-corrected chi connectivity index (χ4v) is 2.39. The molecule has 0 aliphatic heterocycles. The summed E-state index contributed by atoms with van der Waals surface area (Å²) in [7, 11) is 0. The van der Waals surface area contributed by atoms with Gasteiger partial charge in [0.2, 0.25) is 5.15 Å². The highest BCUT2D eigenvalue weighted by atomic mass is 79.9. The van der Waals surface area contributed by atoms with Crippen LogP contribution in [0.3, 0.4) is 0 Å². The monoisotopic (exact) mass is 329 g/mol. The lowest BCUT2D eigenvalue weighted by molar-refractivity contribution is -0.385. The summed E-state index contributed by atoms with van der Waals surface area (Å²) < 4.78 is 2.15. The van der Waals surface area contributed by atoms with Gasteiger partial charge in [-0.3, -0.25) is 10.1 Å². The maximum Gasteiger partial charge on any atom is 0.329 e. The van der Waals surface area contributed by atoms with E-state index in [9.17, 15) is 10.1 Å². The number of aryl methyl sites for hydroxylation is 1. The van der Waals surface area contributed by atoms with Crippen molar-refractivity contribution in [3.05, 3.63) is 49.7 Å². The number of rotatable bonds is 3. The number of para-hydroxylation sites is 1. The predicted molar refractivity (Wildman–Crippen MR) is 72.3 cm³/mol. The molecule has 0 N–H and O–H groups in total. The summed E-state index contributed by atoms with van der Waals surface area (Å²) in [6.07, 6.45) is 0.452. The molecule has 0 bridgehead atoms. The average molecular weight is 331 g/mol. The topological polar surface area (TPSA) is 61.0 Å². The molecule has 0 atom stereocenters. The van der Waals surface area contributed by atoms with Crippen LogP contribution in [-0.4, -0.2) is 14.7 Å². The van der Waals surface area contributed by atoms with Crippen molar-refractivity contribution < 1.29 is 4.92 Å². The van der Waals surface area contributed by atoms with Crippen LogP contribution in [0.5, 0.6) is 0 Å². The number of hydrogen-bond acceptors (Lipinski definition) is 3. The highest BCUT2D eigenvalue weighted by Crippen LogP contribution is 2.32. The van der Waals surface area contributed by atoms with Crippen molar-refractivity contribution in [2.75, 3.05) is 0 Å². The van der Waals surface area contributed by atoms with E-state index >= 15 is 0 Å². The minimum Gasteiger partial charge on any atom is -0.258 e. The lowest BCUT2D eigenvalue weighted by Gasteiger charge is -2.04. The molecule has 0 unspecified atom stereocenters. The van der Waals surface area contributed by atoms with Gasteiger partial charge in [-0.05, 0) is 34.5 Å². The van der Waals surface area contributed by atoms with Crippen molar-refractivity contribution in [3.63, 3.8) is 0 Å². The highest BCUT2D eigenvalue weighted by Gasteiger charge is 2.26. The fraction of sp³-hybridized carbons (Fsp3) is 0.182. The van der Waals surface area contributed by atoms with E-state index in [0.29, 0.717) is 17.8 Å². The Kier molecular flexibility index (Phi) is 3.68. The Labute approximate surface area is 117 Å². The normalized spacial score (nSPS) is 10.6. The number of benzene rings is 1. The van der Waals surface area contributed by atoms with Gasteiger partial charge in [-0.2, -0.15) is 5.10 Å². The molecule has 0 aliphatic carbocycles. The summed E-state index contributed by atoms with van der Waals surface area (Å²) in [6.45, 7) is 1.80. The van der Waals surface area contributed by atoms with E-state index in [0.717, 1.165) is 4.47 Å². The van der Waals surface area contributed by atoms with Gasteiger partial charge in [0, 0.05) is 4.47 Å². The van der Waals surface area contributed by atoms with E-state index in [1.54, 1.807) is 13.0 Å². The van der Waals surface area contributed by atoms with Crippen molar-refractivity contribution in [1.29, 1.82) is 0 Å². The summed E-state index contributed by atoms with van der Waals surface area (Å²) >= 11 is 9.42. The maximum absolute atomic E-state index is 11.0. The average Bonchev–Trinajstić information content (AvgIpc) is 2.67. The molecule has 5 nitrogen and oxygen atoms in total. The van der Waals surface area contributed by atoms with Gasteiger partial charge < -0.3 is 0 Å². The van der Waals surface area contributed by atoms with Gasteiger partial charge in [-0.15, -0.1) is 0 Å². The van der Waals surface area contributed by atoms with Crippen molar-refractivity contribution in [1.82, 2.24) is 9.78 Å². The molecule has 1 aromatic heterocycles. The molecule has 0 aliphatic rings. The third kappa shape index (κ3) is 2.13. The summed E-state index contributed by atoms with van der Waals surface area (Å²) in [4.78, 5) is 10.5. The first-order valence-electron chi connectivity index (χ1n) is 5.23. The van der Waals surface area contributed by atoms with Gasteiger partial charge in [0.05, 0.1) is 10.6 Å². The first-order valence-corrected chi connectivity index (χ1v) is 6.40. The molecule has 1 heterocycles. The van der Waals surface area contributed by atoms with Crippen molar-refractivity contribution in [2.24, 2.45) is 0 Å². The van der Waals surface area contributed by atoms with Crippen molar-refractivity contribution in [2.45, 2.75) is 13.3 Å². The zero-order chi connectivity index (χ0) is 13.3. The largest absolute Gasteiger partial charge is 0.329 e. The van der Waals surface area contributed by atoms with Gasteiger partial charge in [0.25, 0.3) is 0 Å². The molecule has 2 aromatic rings. The molecule has 0 radical (unpaired) electrons. The minimum atomic E-state index is -0.499. The molecule has 94 valence electrons.